The molecular formula is C55H103NO12S. The van der Waals surface area contributed by atoms with E-state index in [-0.39, 0.29) is 6.42 Å². The first-order valence-corrected chi connectivity index (χ1v) is 29.3. The summed E-state index contributed by atoms with van der Waals surface area (Å²) in [5.41, 5.74) is 0. The molecule has 69 heavy (non-hydrogen) atoms. The lowest BCUT2D eigenvalue weighted by molar-refractivity contribution is -0.298. The predicted molar refractivity (Wildman–Crippen MR) is 279 cm³/mol. The number of nitrogens with one attached hydrogen (secondary N) is 1. The van der Waals surface area contributed by atoms with E-state index in [9.17, 15) is 43.3 Å². The molecule has 0 radical (unpaired) electrons. The minimum atomic E-state index is -5.13. The van der Waals surface area contributed by atoms with Crippen molar-refractivity contribution in [2.45, 2.75) is 294 Å². The van der Waals surface area contributed by atoms with Gasteiger partial charge in [-0.25, -0.2) is 4.18 Å². The van der Waals surface area contributed by atoms with E-state index in [1.807, 2.05) is 0 Å². The molecule has 1 aliphatic heterocycles. The van der Waals surface area contributed by atoms with Crippen molar-refractivity contribution < 1.29 is 57.0 Å². The normalized spacial score (nSPS) is 20.4. The van der Waals surface area contributed by atoms with Crippen molar-refractivity contribution in [3.8, 4) is 0 Å². The molecule has 0 aliphatic carbocycles. The highest BCUT2D eigenvalue weighted by atomic mass is 32.3. The molecule has 0 aromatic carbocycles. The number of hydrogen-bond donors (Lipinski definition) is 7. The Morgan fingerprint density at radius 3 is 1.39 bits per heavy atom. The summed E-state index contributed by atoms with van der Waals surface area (Å²) in [6.45, 7) is 3.23. The summed E-state index contributed by atoms with van der Waals surface area (Å²) < 4.78 is 47.7. The van der Waals surface area contributed by atoms with Crippen LogP contribution in [0.25, 0.3) is 0 Å². The van der Waals surface area contributed by atoms with Gasteiger partial charge in [0.05, 0.1) is 25.4 Å². The van der Waals surface area contributed by atoms with Crippen molar-refractivity contribution in [3.63, 3.8) is 0 Å². The fourth-order valence-corrected chi connectivity index (χ4v) is 9.33. The second kappa shape index (κ2) is 44.9. The molecular weight excluding hydrogens is 899 g/mol. The van der Waals surface area contributed by atoms with Gasteiger partial charge in [-0.1, -0.05) is 224 Å². The molecule has 13 nitrogen and oxygen atoms in total. The first kappa shape index (κ1) is 65.3. The minimum absolute atomic E-state index is 0.230. The number of ether oxygens (including phenoxy) is 2. The number of aliphatic hydroxyl groups excluding tert-OH is 5. The van der Waals surface area contributed by atoms with Gasteiger partial charge in [0.25, 0.3) is 0 Å². The molecule has 1 fully saturated rings. The molecule has 0 bridgehead atoms. The van der Waals surface area contributed by atoms with E-state index in [0.29, 0.717) is 12.8 Å². The lowest BCUT2D eigenvalue weighted by atomic mass is 9.99. The van der Waals surface area contributed by atoms with E-state index in [1.54, 1.807) is 6.08 Å². The van der Waals surface area contributed by atoms with Gasteiger partial charge in [-0.15, -0.1) is 0 Å². The number of carbonyl (C=O) groups is 1. The van der Waals surface area contributed by atoms with Gasteiger partial charge < -0.3 is 40.3 Å². The van der Waals surface area contributed by atoms with E-state index in [0.717, 1.165) is 64.2 Å². The van der Waals surface area contributed by atoms with E-state index in [2.05, 4.69) is 47.7 Å². The first-order chi connectivity index (χ1) is 33.4. The molecule has 14 heteroatoms. The van der Waals surface area contributed by atoms with Gasteiger partial charge in [-0.3, -0.25) is 9.35 Å². The van der Waals surface area contributed by atoms with Gasteiger partial charge in [-0.2, -0.15) is 8.42 Å². The minimum Gasteiger partial charge on any atom is -0.394 e. The van der Waals surface area contributed by atoms with Gasteiger partial charge in [0.2, 0.25) is 5.91 Å². The van der Waals surface area contributed by atoms with Crippen LogP contribution in [0.1, 0.15) is 245 Å². The van der Waals surface area contributed by atoms with Crippen LogP contribution < -0.4 is 5.32 Å². The molecule has 1 saturated heterocycles. The SMILES string of the molecule is CCCCCCCCCCCCCC/C=C\CCCCCCCCC(O)C(=O)NC(COC1OC(CO)C(O)C(OS(=O)(=O)O)C1O)C(O)/C=C/CC/C=C/CCCCCCCCCCCCCC. The maximum absolute atomic E-state index is 13.2. The lowest BCUT2D eigenvalue weighted by Gasteiger charge is -2.41. The summed E-state index contributed by atoms with van der Waals surface area (Å²) in [5, 5.41) is 55.5. The van der Waals surface area contributed by atoms with Crippen LogP contribution in [0.5, 0.6) is 0 Å². The van der Waals surface area contributed by atoms with E-state index in [4.69, 9.17) is 9.47 Å². The third-order valence-corrected chi connectivity index (χ3v) is 13.7. The van der Waals surface area contributed by atoms with Crippen LogP contribution in [0.4, 0.5) is 0 Å². The van der Waals surface area contributed by atoms with Crippen molar-refractivity contribution in [3.05, 3.63) is 36.5 Å². The number of unbranched alkanes of at least 4 members (excludes halogenated alkanes) is 31. The fourth-order valence-electron chi connectivity index (χ4n) is 8.83. The summed E-state index contributed by atoms with van der Waals surface area (Å²) in [5.74, 6) is -0.714. The number of hydrogen-bond acceptors (Lipinski definition) is 11. The molecule has 0 spiro atoms. The second-order valence-electron chi connectivity index (χ2n) is 19.7. The lowest BCUT2D eigenvalue weighted by Crippen LogP contribution is -2.61. The van der Waals surface area contributed by atoms with E-state index in [1.165, 1.54) is 154 Å². The van der Waals surface area contributed by atoms with Crippen LogP contribution in [-0.2, 0) is 28.9 Å². The summed E-state index contributed by atoms with van der Waals surface area (Å²) >= 11 is 0. The molecule has 406 valence electrons. The highest BCUT2D eigenvalue weighted by Crippen LogP contribution is 2.26. The van der Waals surface area contributed by atoms with Crippen molar-refractivity contribution in [1.29, 1.82) is 0 Å². The maximum Gasteiger partial charge on any atom is 0.397 e. The van der Waals surface area contributed by atoms with Crippen LogP contribution in [0.15, 0.2) is 36.5 Å². The van der Waals surface area contributed by atoms with Crippen molar-refractivity contribution in [2.75, 3.05) is 13.2 Å². The average molecular weight is 1000 g/mol. The second-order valence-corrected chi connectivity index (χ2v) is 20.7. The highest BCUT2D eigenvalue weighted by Gasteiger charge is 2.48. The Bertz CT molecular complexity index is 1380. The molecule has 1 amide bonds. The molecule has 0 saturated carbocycles. The van der Waals surface area contributed by atoms with Crippen molar-refractivity contribution in [1.82, 2.24) is 5.32 Å². The quantitative estimate of drug-likeness (QED) is 0.0172. The standard InChI is InChI=1S/C55H103NO12S/c1-3-5-7-9-11-13-15-17-19-21-23-24-25-26-28-30-32-34-36-38-40-42-44-49(59)54(62)56-47(46-66-55-52(61)53(68-69(63,64)65)51(60)50(45-57)67-55)48(58)43-41-39-37-35-33-31-29-27-22-20-18-16-14-12-10-8-6-4-2/h26,28,33,35,41,43,47-53,55,57-61H,3-25,27,29-32,34,36-40,42,44-46H2,1-2H3,(H,56,62)(H,63,64,65)/b28-26-,35-33+,43-41+. The molecule has 8 unspecified atom stereocenters. The molecule has 7 N–H and O–H groups in total. The van der Waals surface area contributed by atoms with Gasteiger partial charge in [0.1, 0.15) is 30.5 Å². The summed E-state index contributed by atoms with van der Waals surface area (Å²) in [6.07, 6.45) is 43.7. The van der Waals surface area contributed by atoms with Crippen LogP contribution in [0, 0.1) is 0 Å². The van der Waals surface area contributed by atoms with E-state index < -0.39 is 78.5 Å². The van der Waals surface area contributed by atoms with Gasteiger partial charge in [0.15, 0.2) is 6.29 Å². The smallest absolute Gasteiger partial charge is 0.394 e. The highest BCUT2D eigenvalue weighted by molar-refractivity contribution is 7.80. The van der Waals surface area contributed by atoms with Crippen LogP contribution in [-0.4, -0.2) is 107 Å². The molecule has 0 aromatic rings. The largest absolute Gasteiger partial charge is 0.397 e. The van der Waals surface area contributed by atoms with Crippen LogP contribution in [0.3, 0.4) is 0 Å². The monoisotopic (exact) mass is 1000 g/mol. The topological polar surface area (TPSA) is 212 Å². The van der Waals surface area contributed by atoms with Gasteiger partial charge in [0, 0.05) is 0 Å². The number of amides is 1. The Morgan fingerprint density at radius 2 is 0.971 bits per heavy atom. The maximum atomic E-state index is 13.2. The Morgan fingerprint density at radius 1 is 0.580 bits per heavy atom. The zero-order valence-electron chi connectivity index (χ0n) is 43.5. The fraction of sp³-hybridized carbons (Fsp3) is 0.873. The predicted octanol–water partition coefficient (Wildman–Crippen LogP) is 11.6. The third kappa shape index (κ3) is 36.8. The molecule has 0 aromatic heterocycles. The third-order valence-electron chi connectivity index (χ3n) is 13.3. The summed E-state index contributed by atoms with van der Waals surface area (Å²) in [6, 6.07) is -1.14. The summed E-state index contributed by atoms with van der Waals surface area (Å²) in [7, 11) is -5.13. The van der Waals surface area contributed by atoms with Gasteiger partial charge in [-0.05, 0) is 57.8 Å². The average Bonchev–Trinajstić information content (AvgIpc) is 3.32. The van der Waals surface area contributed by atoms with Crippen LogP contribution in [0.2, 0.25) is 0 Å². The number of carbonyl (C=O) groups excluding carboxylic acids is 1. The Labute approximate surface area is 420 Å². The van der Waals surface area contributed by atoms with Crippen molar-refractivity contribution >= 4 is 16.3 Å². The summed E-state index contributed by atoms with van der Waals surface area (Å²) in [4.78, 5) is 13.2. The Balaban J connectivity index is 2.48. The zero-order chi connectivity index (χ0) is 50.6. The number of rotatable bonds is 48. The Hall–Kier alpha value is -1.72. The van der Waals surface area contributed by atoms with Crippen LogP contribution >= 0.6 is 0 Å². The molecule has 8 atom stereocenters. The van der Waals surface area contributed by atoms with E-state index >= 15 is 0 Å². The number of aliphatic hydroxyl groups is 5. The Kier molecular flexibility index (Phi) is 42.5. The van der Waals surface area contributed by atoms with Crippen molar-refractivity contribution in [2.24, 2.45) is 0 Å². The molecule has 1 rings (SSSR count). The molecule has 1 heterocycles. The zero-order valence-corrected chi connectivity index (χ0v) is 44.3. The number of allylic oxidation sites excluding steroid dienone is 5. The van der Waals surface area contributed by atoms with Gasteiger partial charge >= 0.3 is 10.4 Å². The molecule has 1 aliphatic rings. The first-order valence-electron chi connectivity index (χ1n) is 28.0.